The Morgan fingerprint density at radius 3 is 2.94 bits per heavy atom. The maximum Gasteiger partial charge on any atom is 0.134 e. The standard InChI is InChI=1S/C14H17NOS/c1-17-14(6-7-14)10-15-8-11-9-16-13-5-3-2-4-12(11)13/h2-5,9,15H,6-8,10H2,1H3. The molecule has 1 N–H and O–H groups in total. The molecule has 0 atom stereocenters. The van der Waals surface area contributed by atoms with E-state index in [2.05, 4.69) is 23.7 Å². The number of fused-ring (bicyclic) bond motifs is 1. The number of thioether (sulfide) groups is 1. The molecule has 3 heteroatoms. The molecule has 0 spiro atoms. The fourth-order valence-electron chi connectivity index (χ4n) is 2.19. The van der Waals surface area contributed by atoms with Gasteiger partial charge in [0.1, 0.15) is 5.58 Å². The number of rotatable bonds is 5. The van der Waals surface area contributed by atoms with Crippen LogP contribution in [-0.4, -0.2) is 17.5 Å². The third-order valence-electron chi connectivity index (χ3n) is 3.56. The number of hydrogen-bond acceptors (Lipinski definition) is 3. The van der Waals surface area contributed by atoms with Gasteiger partial charge < -0.3 is 9.73 Å². The van der Waals surface area contributed by atoms with Crippen LogP contribution in [0, 0.1) is 0 Å². The Bertz CT molecular complexity index is 516. The Labute approximate surface area is 106 Å². The first-order valence-electron chi connectivity index (χ1n) is 6.04. The van der Waals surface area contributed by atoms with Gasteiger partial charge in [-0.1, -0.05) is 18.2 Å². The lowest BCUT2D eigenvalue weighted by Crippen LogP contribution is -2.25. The highest BCUT2D eigenvalue weighted by atomic mass is 32.2. The molecule has 0 unspecified atom stereocenters. The molecule has 3 rings (SSSR count). The van der Waals surface area contributed by atoms with Crippen LogP contribution in [0.25, 0.3) is 11.0 Å². The molecule has 0 radical (unpaired) electrons. The van der Waals surface area contributed by atoms with Gasteiger partial charge in [0.2, 0.25) is 0 Å². The van der Waals surface area contributed by atoms with Crippen LogP contribution in [0.3, 0.4) is 0 Å². The van der Waals surface area contributed by atoms with Gasteiger partial charge >= 0.3 is 0 Å². The largest absolute Gasteiger partial charge is 0.464 e. The molecule has 1 aliphatic rings. The Morgan fingerprint density at radius 2 is 2.18 bits per heavy atom. The number of hydrogen-bond donors (Lipinski definition) is 1. The number of nitrogens with one attached hydrogen (secondary N) is 1. The van der Waals surface area contributed by atoms with Gasteiger partial charge in [0.25, 0.3) is 0 Å². The second-order valence-electron chi connectivity index (χ2n) is 4.75. The molecule has 90 valence electrons. The van der Waals surface area contributed by atoms with Crippen molar-refractivity contribution < 1.29 is 4.42 Å². The molecule has 0 saturated heterocycles. The van der Waals surface area contributed by atoms with Gasteiger partial charge in [0.05, 0.1) is 6.26 Å². The van der Waals surface area contributed by atoms with E-state index in [0.717, 1.165) is 18.7 Å². The van der Waals surface area contributed by atoms with Crippen LogP contribution >= 0.6 is 11.8 Å². The number of furan rings is 1. The van der Waals surface area contributed by atoms with Gasteiger partial charge in [-0.3, -0.25) is 0 Å². The molecule has 1 aromatic carbocycles. The van der Waals surface area contributed by atoms with E-state index in [9.17, 15) is 0 Å². The smallest absolute Gasteiger partial charge is 0.134 e. The SMILES string of the molecule is CSC1(CNCc2coc3ccccc23)CC1. The monoisotopic (exact) mass is 247 g/mol. The van der Waals surface area contributed by atoms with Crippen molar-refractivity contribution in [3.63, 3.8) is 0 Å². The zero-order valence-corrected chi connectivity index (χ0v) is 10.8. The lowest BCUT2D eigenvalue weighted by molar-refractivity contribution is 0.599. The minimum atomic E-state index is 0.527. The summed E-state index contributed by atoms with van der Waals surface area (Å²) in [5.41, 5.74) is 2.24. The molecular formula is C14H17NOS. The summed E-state index contributed by atoms with van der Waals surface area (Å²) in [6.07, 6.45) is 6.79. The van der Waals surface area contributed by atoms with E-state index in [1.165, 1.54) is 23.8 Å². The zero-order valence-electron chi connectivity index (χ0n) is 10.0. The van der Waals surface area contributed by atoms with Crippen molar-refractivity contribution in [2.45, 2.75) is 24.1 Å². The van der Waals surface area contributed by atoms with E-state index in [0.29, 0.717) is 4.75 Å². The second-order valence-corrected chi connectivity index (χ2v) is 6.02. The van der Waals surface area contributed by atoms with Crippen molar-refractivity contribution in [1.82, 2.24) is 5.32 Å². The first kappa shape index (κ1) is 11.2. The molecule has 1 aliphatic carbocycles. The molecule has 2 nitrogen and oxygen atoms in total. The first-order chi connectivity index (χ1) is 8.33. The summed E-state index contributed by atoms with van der Waals surface area (Å²) < 4.78 is 6.06. The summed E-state index contributed by atoms with van der Waals surface area (Å²) in [6.45, 7) is 2.01. The fraction of sp³-hybridized carbons (Fsp3) is 0.429. The second kappa shape index (κ2) is 4.39. The molecule has 0 aliphatic heterocycles. The fourth-order valence-corrected chi connectivity index (χ4v) is 2.94. The number of para-hydroxylation sites is 1. The Balaban J connectivity index is 1.65. The molecule has 0 amide bonds. The van der Waals surface area contributed by atoms with Gasteiger partial charge in [-0.15, -0.1) is 0 Å². The Morgan fingerprint density at radius 1 is 1.35 bits per heavy atom. The predicted octanol–water partition coefficient (Wildman–Crippen LogP) is 3.42. The van der Waals surface area contributed by atoms with Crippen molar-refractivity contribution >= 4 is 22.7 Å². The van der Waals surface area contributed by atoms with Gasteiger partial charge in [-0.25, -0.2) is 0 Å². The van der Waals surface area contributed by atoms with Crippen LogP contribution in [-0.2, 0) is 6.54 Å². The third kappa shape index (κ3) is 2.22. The maximum absolute atomic E-state index is 5.53. The van der Waals surface area contributed by atoms with Crippen LogP contribution < -0.4 is 5.32 Å². The summed E-state index contributed by atoms with van der Waals surface area (Å²) in [5.74, 6) is 0. The molecule has 1 saturated carbocycles. The molecule has 1 fully saturated rings. The molecule has 2 aromatic rings. The molecule has 1 aromatic heterocycles. The van der Waals surface area contributed by atoms with E-state index < -0.39 is 0 Å². The van der Waals surface area contributed by atoms with Crippen LogP contribution in [0.1, 0.15) is 18.4 Å². The quantitative estimate of drug-likeness (QED) is 0.876. The summed E-state index contributed by atoms with van der Waals surface area (Å²) in [7, 11) is 0. The van der Waals surface area contributed by atoms with Crippen LogP contribution in [0.4, 0.5) is 0 Å². The van der Waals surface area contributed by atoms with Crippen molar-refractivity contribution in [3.8, 4) is 0 Å². The topological polar surface area (TPSA) is 25.2 Å². The normalized spacial score (nSPS) is 17.5. The molecule has 17 heavy (non-hydrogen) atoms. The Kier molecular flexibility index (Phi) is 2.89. The molecular weight excluding hydrogens is 230 g/mol. The van der Waals surface area contributed by atoms with Gasteiger partial charge in [-0.2, -0.15) is 11.8 Å². The van der Waals surface area contributed by atoms with E-state index in [1.54, 1.807) is 0 Å². The minimum absolute atomic E-state index is 0.527. The highest BCUT2D eigenvalue weighted by Crippen LogP contribution is 2.46. The van der Waals surface area contributed by atoms with E-state index in [1.807, 2.05) is 30.2 Å². The average molecular weight is 247 g/mol. The number of benzene rings is 1. The van der Waals surface area contributed by atoms with E-state index in [-0.39, 0.29) is 0 Å². The third-order valence-corrected chi connectivity index (χ3v) is 4.98. The minimum Gasteiger partial charge on any atom is -0.464 e. The highest BCUT2D eigenvalue weighted by Gasteiger charge is 2.41. The lowest BCUT2D eigenvalue weighted by atomic mass is 10.2. The highest BCUT2D eigenvalue weighted by molar-refractivity contribution is 8.00. The zero-order chi connectivity index (χ0) is 11.7. The van der Waals surface area contributed by atoms with Crippen molar-refractivity contribution in [3.05, 3.63) is 36.1 Å². The lowest BCUT2D eigenvalue weighted by Gasteiger charge is -2.12. The molecule has 1 heterocycles. The van der Waals surface area contributed by atoms with Gasteiger partial charge in [-0.05, 0) is 25.2 Å². The van der Waals surface area contributed by atoms with E-state index in [4.69, 9.17) is 4.42 Å². The van der Waals surface area contributed by atoms with Crippen LogP contribution in [0.2, 0.25) is 0 Å². The summed E-state index contributed by atoms with van der Waals surface area (Å²) in [5, 5.41) is 4.78. The van der Waals surface area contributed by atoms with E-state index >= 15 is 0 Å². The summed E-state index contributed by atoms with van der Waals surface area (Å²) in [6, 6.07) is 8.21. The predicted molar refractivity (Wildman–Crippen MR) is 73.4 cm³/mol. The van der Waals surface area contributed by atoms with Gasteiger partial charge in [0, 0.05) is 28.8 Å². The first-order valence-corrected chi connectivity index (χ1v) is 7.26. The summed E-state index contributed by atoms with van der Waals surface area (Å²) in [4.78, 5) is 0. The van der Waals surface area contributed by atoms with Crippen LogP contribution in [0.5, 0.6) is 0 Å². The van der Waals surface area contributed by atoms with Gasteiger partial charge in [0.15, 0.2) is 0 Å². The van der Waals surface area contributed by atoms with Crippen molar-refractivity contribution in [2.24, 2.45) is 0 Å². The van der Waals surface area contributed by atoms with Crippen molar-refractivity contribution in [2.75, 3.05) is 12.8 Å². The maximum atomic E-state index is 5.53. The van der Waals surface area contributed by atoms with Crippen LogP contribution in [0.15, 0.2) is 34.9 Å². The average Bonchev–Trinajstić information content (AvgIpc) is 3.04. The molecule has 0 bridgehead atoms. The Hall–Kier alpha value is -0.930. The van der Waals surface area contributed by atoms with Crippen molar-refractivity contribution in [1.29, 1.82) is 0 Å². The summed E-state index contributed by atoms with van der Waals surface area (Å²) >= 11 is 1.99.